The van der Waals surface area contributed by atoms with Crippen molar-refractivity contribution in [3.63, 3.8) is 0 Å². The van der Waals surface area contributed by atoms with Crippen LogP contribution in [0.2, 0.25) is 0 Å². The second-order valence-electron chi connectivity index (χ2n) is 11.9. The van der Waals surface area contributed by atoms with E-state index >= 15 is 0 Å². The first-order chi connectivity index (χ1) is 18.6. The van der Waals surface area contributed by atoms with Crippen LogP contribution < -0.4 is 9.64 Å². The molecule has 4 atom stereocenters. The Morgan fingerprint density at radius 3 is 2.44 bits per heavy atom. The van der Waals surface area contributed by atoms with Crippen molar-refractivity contribution in [3.8, 4) is 5.75 Å². The van der Waals surface area contributed by atoms with Crippen LogP contribution in [0.1, 0.15) is 82.5 Å². The highest BCUT2D eigenvalue weighted by molar-refractivity contribution is 5.98. The first-order valence-corrected chi connectivity index (χ1v) is 14.9. The number of hydrogen-bond acceptors (Lipinski definition) is 6. The van der Waals surface area contributed by atoms with Crippen molar-refractivity contribution in [2.75, 3.05) is 52.3 Å². The summed E-state index contributed by atoms with van der Waals surface area (Å²) in [6, 6.07) is 5.34. The lowest BCUT2D eigenvalue weighted by Gasteiger charge is -2.36. The molecule has 3 rings (SSSR count). The second kappa shape index (κ2) is 14.9. The molecule has 0 radical (unpaired) electrons. The normalized spacial score (nSPS) is 24.7. The van der Waals surface area contributed by atoms with Gasteiger partial charge in [-0.15, -0.1) is 0 Å². The van der Waals surface area contributed by atoms with E-state index < -0.39 is 0 Å². The summed E-state index contributed by atoms with van der Waals surface area (Å²) in [6.07, 6.45) is 7.83. The molecule has 0 aromatic heterocycles. The van der Waals surface area contributed by atoms with E-state index in [1.807, 2.05) is 63.0 Å². The molecule has 1 aliphatic carbocycles. The average molecular weight is 546 g/mol. The number of rotatable bonds is 6. The SMILES string of the molecule is C[C@@H]1CN([C@H](C)CO)C(=O)c2cc(N(C)C)ccc2O[C@@H](C)CCCCO[C@@H]1CN(C)C(=O)C1CCCCC1. The van der Waals surface area contributed by atoms with Gasteiger partial charge in [-0.25, -0.2) is 0 Å². The maximum absolute atomic E-state index is 14.1. The molecule has 8 heteroatoms. The van der Waals surface area contributed by atoms with Crippen molar-refractivity contribution in [2.45, 2.75) is 90.4 Å². The molecule has 1 aromatic rings. The molecule has 1 fully saturated rings. The zero-order valence-corrected chi connectivity index (χ0v) is 25.0. The van der Waals surface area contributed by atoms with E-state index in [4.69, 9.17) is 9.47 Å². The molecule has 1 aliphatic heterocycles. The quantitative estimate of drug-likeness (QED) is 0.563. The lowest BCUT2D eigenvalue weighted by atomic mass is 9.88. The molecule has 1 saturated carbocycles. The largest absolute Gasteiger partial charge is 0.490 e. The number of nitrogens with zero attached hydrogens (tertiary/aromatic N) is 3. The van der Waals surface area contributed by atoms with Crippen LogP contribution in [0.15, 0.2) is 18.2 Å². The molecule has 0 bridgehead atoms. The summed E-state index contributed by atoms with van der Waals surface area (Å²) in [6.45, 7) is 7.32. The van der Waals surface area contributed by atoms with E-state index in [2.05, 4.69) is 6.92 Å². The Morgan fingerprint density at radius 1 is 1.08 bits per heavy atom. The lowest BCUT2D eigenvalue weighted by molar-refractivity contribution is -0.137. The number of aliphatic hydroxyl groups is 1. The molecular formula is C31H51N3O5. The van der Waals surface area contributed by atoms with Crippen LogP contribution in [0.3, 0.4) is 0 Å². The van der Waals surface area contributed by atoms with E-state index in [0.717, 1.165) is 50.6 Å². The molecule has 1 heterocycles. The van der Waals surface area contributed by atoms with Crippen LogP contribution in [0.5, 0.6) is 5.75 Å². The third kappa shape index (κ3) is 8.58. The third-order valence-corrected chi connectivity index (χ3v) is 8.34. The van der Waals surface area contributed by atoms with Gasteiger partial charge >= 0.3 is 0 Å². The van der Waals surface area contributed by atoms with E-state index in [1.54, 1.807) is 4.90 Å². The number of ether oxygens (including phenoxy) is 2. The number of fused-ring (bicyclic) bond motifs is 1. The predicted molar refractivity (Wildman–Crippen MR) is 155 cm³/mol. The molecule has 0 spiro atoms. The number of amides is 2. The van der Waals surface area contributed by atoms with Crippen LogP contribution in [0.25, 0.3) is 0 Å². The first-order valence-electron chi connectivity index (χ1n) is 14.9. The molecule has 1 aromatic carbocycles. The van der Waals surface area contributed by atoms with E-state index in [1.165, 1.54) is 6.42 Å². The topological polar surface area (TPSA) is 82.6 Å². The summed E-state index contributed by atoms with van der Waals surface area (Å²) < 4.78 is 12.7. The highest BCUT2D eigenvalue weighted by Crippen LogP contribution is 2.30. The lowest BCUT2D eigenvalue weighted by Crippen LogP contribution is -2.48. The van der Waals surface area contributed by atoms with Crippen LogP contribution in [0, 0.1) is 11.8 Å². The van der Waals surface area contributed by atoms with Crippen molar-refractivity contribution in [3.05, 3.63) is 23.8 Å². The number of hydrogen-bond donors (Lipinski definition) is 1. The van der Waals surface area contributed by atoms with Crippen molar-refractivity contribution in [2.24, 2.45) is 11.8 Å². The van der Waals surface area contributed by atoms with Gasteiger partial charge in [0.2, 0.25) is 5.91 Å². The summed E-state index contributed by atoms with van der Waals surface area (Å²) >= 11 is 0. The first kappa shape index (κ1) is 31.2. The minimum absolute atomic E-state index is 0.0483. The molecule has 220 valence electrons. The predicted octanol–water partition coefficient (Wildman–Crippen LogP) is 4.59. The van der Waals surface area contributed by atoms with Gasteiger partial charge in [0.15, 0.2) is 0 Å². The summed E-state index contributed by atoms with van der Waals surface area (Å²) in [5.74, 6) is 0.666. The minimum atomic E-state index is -0.386. The van der Waals surface area contributed by atoms with Crippen molar-refractivity contribution < 1.29 is 24.2 Å². The molecule has 1 N–H and O–H groups in total. The third-order valence-electron chi connectivity index (χ3n) is 8.34. The number of likely N-dealkylation sites (N-methyl/N-ethyl adjacent to an activating group) is 1. The fourth-order valence-electron chi connectivity index (χ4n) is 5.67. The molecule has 0 saturated heterocycles. The Bertz CT molecular complexity index is 933. The maximum Gasteiger partial charge on any atom is 0.258 e. The van der Waals surface area contributed by atoms with Crippen LogP contribution in [-0.2, 0) is 9.53 Å². The maximum atomic E-state index is 14.1. The minimum Gasteiger partial charge on any atom is -0.490 e. The standard InChI is InChI=1S/C31H51N3O5/c1-22-19-34(23(2)21-35)31(37)27-18-26(32(4)5)15-16-28(27)39-24(3)12-10-11-17-38-29(22)20-33(6)30(36)25-13-8-7-9-14-25/h15-16,18,22-25,29,35H,7-14,17,19-21H2,1-6H3/t22-,23-,24+,29-/m1/s1. The molecular weight excluding hydrogens is 494 g/mol. The fourth-order valence-corrected chi connectivity index (χ4v) is 5.67. The van der Waals surface area contributed by atoms with Gasteiger partial charge in [0.05, 0.1) is 30.4 Å². The monoisotopic (exact) mass is 545 g/mol. The van der Waals surface area contributed by atoms with Crippen LogP contribution in [0.4, 0.5) is 5.69 Å². The summed E-state index contributed by atoms with van der Waals surface area (Å²) in [5, 5.41) is 10.1. The smallest absolute Gasteiger partial charge is 0.258 e. The van der Waals surface area contributed by atoms with Gasteiger partial charge in [-0.1, -0.05) is 26.2 Å². The number of aliphatic hydroxyl groups excluding tert-OH is 1. The van der Waals surface area contributed by atoms with Gasteiger partial charge in [0.25, 0.3) is 5.91 Å². The summed E-state index contributed by atoms with van der Waals surface area (Å²) in [5.41, 5.74) is 1.41. The highest BCUT2D eigenvalue weighted by atomic mass is 16.5. The second-order valence-corrected chi connectivity index (χ2v) is 11.9. The Labute approximate surface area is 235 Å². The van der Waals surface area contributed by atoms with Gasteiger partial charge in [-0.2, -0.15) is 0 Å². The Balaban J connectivity index is 1.89. The van der Waals surface area contributed by atoms with Crippen LogP contribution >= 0.6 is 0 Å². The molecule has 2 amide bonds. The number of benzene rings is 1. The summed E-state index contributed by atoms with van der Waals surface area (Å²) in [4.78, 5) is 32.9. The van der Waals surface area contributed by atoms with Gasteiger partial charge in [0.1, 0.15) is 5.75 Å². The zero-order valence-electron chi connectivity index (χ0n) is 25.0. The highest BCUT2D eigenvalue weighted by Gasteiger charge is 2.32. The Kier molecular flexibility index (Phi) is 11.9. The van der Waals surface area contributed by atoms with Gasteiger partial charge in [0, 0.05) is 58.4 Å². The average Bonchev–Trinajstić information content (AvgIpc) is 2.93. The van der Waals surface area contributed by atoms with Crippen molar-refractivity contribution in [1.82, 2.24) is 9.80 Å². The van der Waals surface area contributed by atoms with Gasteiger partial charge in [-0.05, 0) is 64.2 Å². The van der Waals surface area contributed by atoms with Crippen molar-refractivity contribution in [1.29, 1.82) is 0 Å². The summed E-state index contributed by atoms with van der Waals surface area (Å²) in [7, 11) is 5.78. The number of carbonyl (C=O) groups excluding carboxylic acids is 2. The Morgan fingerprint density at radius 2 is 1.77 bits per heavy atom. The zero-order chi connectivity index (χ0) is 28.5. The Hall–Kier alpha value is -2.32. The fraction of sp³-hybridized carbons (Fsp3) is 0.742. The molecule has 8 nitrogen and oxygen atoms in total. The molecule has 39 heavy (non-hydrogen) atoms. The van der Waals surface area contributed by atoms with Crippen LogP contribution in [-0.4, -0.2) is 92.4 Å². The van der Waals surface area contributed by atoms with E-state index in [-0.39, 0.29) is 48.5 Å². The van der Waals surface area contributed by atoms with Gasteiger partial charge < -0.3 is 29.3 Å². The van der Waals surface area contributed by atoms with Crippen molar-refractivity contribution >= 4 is 17.5 Å². The van der Waals surface area contributed by atoms with E-state index in [9.17, 15) is 14.7 Å². The number of carbonyl (C=O) groups is 2. The van der Waals surface area contributed by atoms with Gasteiger partial charge in [-0.3, -0.25) is 9.59 Å². The molecule has 0 unspecified atom stereocenters. The number of anilines is 1. The van der Waals surface area contributed by atoms with E-state index in [0.29, 0.717) is 31.0 Å². The molecule has 2 aliphatic rings.